The van der Waals surface area contributed by atoms with Crippen LogP contribution in [0.4, 0.5) is 11.4 Å². The Morgan fingerprint density at radius 1 is 1.08 bits per heavy atom. The fraction of sp³-hybridized carbons (Fsp3) is 0.200. The molecule has 4 nitrogen and oxygen atoms in total. The molecule has 0 spiro atoms. The Balaban J connectivity index is 1.90. The van der Waals surface area contributed by atoms with Crippen LogP contribution in [-0.4, -0.2) is 17.6 Å². The van der Waals surface area contributed by atoms with E-state index in [1.54, 1.807) is 19.1 Å². The highest BCUT2D eigenvalue weighted by Crippen LogP contribution is 2.28. The van der Waals surface area contributed by atoms with Gasteiger partial charge in [0.15, 0.2) is 0 Å². The third-order valence-corrected chi connectivity index (χ3v) is 4.11. The summed E-state index contributed by atoms with van der Waals surface area (Å²) < 4.78 is 5.00. The lowest BCUT2D eigenvalue weighted by molar-refractivity contribution is 0.0526. The lowest BCUT2D eigenvalue weighted by Gasteiger charge is -2.12. The Labute approximate surface area is 141 Å². The average molecular weight is 320 g/mol. The molecule has 0 unspecified atom stereocenters. The number of anilines is 2. The minimum atomic E-state index is -0.301. The molecule has 0 aliphatic carbocycles. The summed E-state index contributed by atoms with van der Waals surface area (Å²) in [7, 11) is 0. The Morgan fingerprint density at radius 2 is 1.83 bits per heavy atom. The van der Waals surface area contributed by atoms with Crippen LogP contribution in [0.2, 0.25) is 0 Å². The van der Waals surface area contributed by atoms with Crippen LogP contribution in [-0.2, 0) is 4.74 Å². The molecule has 0 atom stereocenters. The first-order valence-corrected chi connectivity index (χ1v) is 7.99. The lowest BCUT2D eigenvalue weighted by Crippen LogP contribution is -2.04. The van der Waals surface area contributed by atoms with E-state index in [9.17, 15) is 4.79 Å². The third kappa shape index (κ3) is 3.08. The zero-order valence-electron chi connectivity index (χ0n) is 14.1. The van der Waals surface area contributed by atoms with Crippen LogP contribution in [0.5, 0.6) is 0 Å². The van der Waals surface area contributed by atoms with E-state index in [0.717, 1.165) is 22.3 Å². The zero-order chi connectivity index (χ0) is 17.1. The van der Waals surface area contributed by atoms with Gasteiger partial charge in [-0.25, -0.2) is 4.79 Å². The van der Waals surface area contributed by atoms with Gasteiger partial charge in [0.25, 0.3) is 0 Å². The van der Waals surface area contributed by atoms with Crippen LogP contribution in [0.15, 0.2) is 48.7 Å². The SMILES string of the molecule is CCOC(=O)c1ccc(Nc2ccnc3c(C)c(C)ccc23)cc1. The van der Waals surface area contributed by atoms with Gasteiger partial charge in [0.1, 0.15) is 0 Å². The molecule has 0 amide bonds. The van der Waals surface area contributed by atoms with Crippen LogP contribution in [0.3, 0.4) is 0 Å². The first-order chi connectivity index (χ1) is 11.6. The standard InChI is InChI=1S/C20H20N2O2/c1-4-24-20(23)15-6-8-16(9-7-15)22-18-11-12-21-19-14(3)13(2)5-10-17(18)19/h5-12H,4H2,1-3H3,(H,21,22). The van der Waals surface area contributed by atoms with Crippen molar-refractivity contribution in [3.63, 3.8) is 0 Å². The number of benzene rings is 2. The van der Waals surface area contributed by atoms with Crippen molar-refractivity contribution in [1.82, 2.24) is 4.98 Å². The smallest absolute Gasteiger partial charge is 0.338 e. The molecule has 4 heteroatoms. The molecule has 122 valence electrons. The van der Waals surface area contributed by atoms with Crippen molar-refractivity contribution in [2.45, 2.75) is 20.8 Å². The lowest BCUT2D eigenvalue weighted by atomic mass is 10.0. The monoisotopic (exact) mass is 320 g/mol. The highest BCUT2D eigenvalue weighted by molar-refractivity contribution is 5.95. The van der Waals surface area contributed by atoms with Crippen molar-refractivity contribution < 1.29 is 9.53 Å². The molecule has 0 fully saturated rings. The van der Waals surface area contributed by atoms with E-state index in [1.807, 2.05) is 24.4 Å². The summed E-state index contributed by atoms with van der Waals surface area (Å²) in [5, 5.41) is 4.48. The molecule has 0 aliphatic rings. The molecule has 24 heavy (non-hydrogen) atoms. The molecule has 1 N–H and O–H groups in total. The second-order valence-corrected chi connectivity index (χ2v) is 5.68. The van der Waals surface area contributed by atoms with E-state index in [-0.39, 0.29) is 5.97 Å². The van der Waals surface area contributed by atoms with Crippen molar-refractivity contribution in [2.75, 3.05) is 11.9 Å². The van der Waals surface area contributed by atoms with Gasteiger partial charge in [-0.1, -0.05) is 12.1 Å². The van der Waals surface area contributed by atoms with E-state index in [2.05, 4.69) is 36.3 Å². The molecule has 0 saturated heterocycles. The highest BCUT2D eigenvalue weighted by atomic mass is 16.5. The summed E-state index contributed by atoms with van der Waals surface area (Å²) in [6, 6.07) is 13.4. The third-order valence-electron chi connectivity index (χ3n) is 4.11. The van der Waals surface area contributed by atoms with Gasteiger partial charge >= 0.3 is 5.97 Å². The minimum Gasteiger partial charge on any atom is -0.462 e. The Hall–Kier alpha value is -2.88. The van der Waals surface area contributed by atoms with E-state index in [1.165, 1.54) is 11.1 Å². The summed E-state index contributed by atoms with van der Waals surface area (Å²) in [6.45, 7) is 6.35. The molecule has 1 heterocycles. The Kier molecular flexibility index (Phi) is 4.47. The van der Waals surface area contributed by atoms with Gasteiger partial charge in [0, 0.05) is 23.0 Å². The molecule has 0 saturated carbocycles. The molecule has 3 rings (SSSR count). The number of nitrogens with one attached hydrogen (secondary N) is 1. The number of hydrogen-bond acceptors (Lipinski definition) is 4. The molecule has 0 aliphatic heterocycles. The van der Waals surface area contributed by atoms with Gasteiger partial charge in [-0.15, -0.1) is 0 Å². The Bertz CT molecular complexity index is 886. The topological polar surface area (TPSA) is 51.2 Å². The maximum atomic E-state index is 11.7. The van der Waals surface area contributed by atoms with Crippen molar-refractivity contribution >= 4 is 28.2 Å². The molecular formula is C20H20N2O2. The average Bonchev–Trinajstić information content (AvgIpc) is 2.59. The minimum absolute atomic E-state index is 0.301. The van der Waals surface area contributed by atoms with Gasteiger partial charge in [-0.2, -0.15) is 0 Å². The number of hydrogen-bond donors (Lipinski definition) is 1. The molecule has 3 aromatic rings. The number of rotatable bonds is 4. The van der Waals surface area contributed by atoms with Gasteiger partial charge < -0.3 is 10.1 Å². The number of pyridine rings is 1. The van der Waals surface area contributed by atoms with Gasteiger partial charge in [-0.05, 0) is 62.2 Å². The van der Waals surface area contributed by atoms with Crippen LogP contribution < -0.4 is 5.32 Å². The number of aromatic nitrogens is 1. The number of aryl methyl sites for hydroxylation is 2. The Morgan fingerprint density at radius 3 is 2.54 bits per heavy atom. The van der Waals surface area contributed by atoms with Crippen LogP contribution in [0, 0.1) is 13.8 Å². The highest BCUT2D eigenvalue weighted by Gasteiger charge is 2.08. The van der Waals surface area contributed by atoms with Crippen molar-refractivity contribution in [3.05, 3.63) is 65.4 Å². The van der Waals surface area contributed by atoms with Crippen molar-refractivity contribution in [3.8, 4) is 0 Å². The predicted molar refractivity (Wildman–Crippen MR) is 96.9 cm³/mol. The maximum absolute atomic E-state index is 11.7. The summed E-state index contributed by atoms with van der Waals surface area (Å²) in [4.78, 5) is 16.2. The fourth-order valence-corrected chi connectivity index (χ4v) is 2.63. The zero-order valence-corrected chi connectivity index (χ0v) is 14.1. The number of esters is 1. The normalized spacial score (nSPS) is 10.6. The largest absolute Gasteiger partial charge is 0.462 e. The second-order valence-electron chi connectivity index (χ2n) is 5.68. The number of carbonyl (C=O) groups excluding carboxylic acids is 1. The summed E-state index contributed by atoms with van der Waals surface area (Å²) in [6.07, 6.45) is 1.81. The van der Waals surface area contributed by atoms with E-state index in [0.29, 0.717) is 12.2 Å². The summed E-state index contributed by atoms with van der Waals surface area (Å²) >= 11 is 0. The van der Waals surface area contributed by atoms with Crippen LogP contribution >= 0.6 is 0 Å². The van der Waals surface area contributed by atoms with Gasteiger partial charge in [0.2, 0.25) is 0 Å². The second kappa shape index (κ2) is 6.71. The molecular weight excluding hydrogens is 300 g/mol. The molecule has 0 bridgehead atoms. The quantitative estimate of drug-likeness (QED) is 0.703. The van der Waals surface area contributed by atoms with E-state index >= 15 is 0 Å². The van der Waals surface area contributed by atoms with Gasteiger partial charge in [-0.3, -0.25) is 4.98 Å². The number of carbonyl (C=O) groups is 1. The van der Waals surface area contributed by atoms with Crippen LogP contribution in [0.1, 0.15) is 28.4 Å². The van der Waals surface area contributed by atoms with E-state index < -0.39 is 0 Å². The van der Waals surface area contributed by atoms with Crippen molar-refractivity contribution in [2.24, 2.45) is 0 Å². The summed E-state index contributed by atoms with van der Waals surface area (Å²) in [5.41, 5.74) is 5.87. The molecule has 0 radical (unpaired) electrons. The number of nitrogens with zero attached hydrogens (tertiary/aromatic N) is 1. The number of ether oxygens (including phenoxy) is 1. The summed E-state index contributed by atoms with van der Waals surface area (Å²) in [5.74, 6) is -0.301. The fourth-order valence-electron chi connectivity index (χ4n) is 2.63. The predicted octanol–water partition coefficient (Wildman–Crippen LogP) is 4.77. The number of fused-ring (bicyclic) bond motifs is 1. The first-order valence-electron chi connectivity index (χ1n) is 7.99. The first kappa shape index (κ1) is 16.0. The molecule has 2 aromatic carbocycles. The van der Waals surface area contributed by atoms with Crippen LogP contribution in [0.25, 0.3) is 10.9 Å². The van der Waals surface area contributed by atoms with E-state index in [4.69, 9.17) is 4.74 Å². The van der Waals surface area contributed by atoms with Gasteiger partial charge in [0.05, 0.1) is 17.7 Å². The van der Waals surface area contributed by atoms with Crippen molar-refractivity contribution in [1.29, 1.82) is 0 Å². The molecule has 1 aromatic heterocycles. The maximum Gasteiger partial charge on any atom is 0.338 e.